The number of rotatable bonds is 11. The van der Waals surface area contributed by atoms with Crippen LogP contribution in [0, 0.1) is 5.92 Å². The van der Waals surface area contributed by atoms with E-state index in [9.17, 15) is 14.7 Å². The van der Waals surface area contributed by atoms with Crippen LogP contribution < -0.4 is 0 Å². The molecule has 0 aliphatic carbocycles. The molecule has 0 amide bonds. The molecule has 1 unspecified atom stereocenters. The smallest absolute Gasteiger partial charge is 0.331 e. The molecule has 0 saturated heterocycles. The fourth-order valence-electron chi connectivity index (χ4n) is 1.98. The van der Waals surface area contributed by atoms with E-state index in [0.717, 1.165) is 19.3 Å². The minimum Gasteiger partial charge on any atom is -0.478 e. The van der Waals surface area contributed by atoms with Crippen LogP contribution in [0.4, 0.5) is 0 Å². The average Bonchev–Trinajstić information content (AvgIpc) is 2.40. The molecule has 2 N–H and O–H groups in total. The molecule has 0 aromatic carbocycles. The lowest BCUT2D eigenvalue weighted by molar-refractivity contribution is -0.134. The third-order valence-corrected chi connectivity index (χ3v) is 3.34. The highest BCUT2D eigenvalue weighted by Gasteiger charge is 2.19. The van der Waals surface area contributed by atoms with Crippen molar-refractivity contribution in [3.63, 3.8) is 0 Å². The van der Waals surface area contributed by atoms with E-state index in [2.05, 4.69) is 13.5 Å². The number of nitrogens with zero attached hydrogens (tertiary/aromatic N) is 1. The molecule has 0 spiro atoms. The first-order valence-electron chi connectivity index (χ1n) is 7.30. The van der Waals surface area contributed by atoms with Gasteiger partial charge in [-0.2, -0.15) is 0 Å². The molecule has 0 aromatic heterocycles. The molecule has 21 heavy (non-hydrogen) atoms. The lowest BCUT2D eigenvalue weighted by atomic mass is 9.92. The Labute approximate surface area is 127 Å². The molecule has 0 saturated carbocycles. The van der Waals surface area contributed by atoms with Crippen LogP contribution in [-0.2, 0) is 9.59 Å². The van der Waals surface area contributed by atoms with Gasteiger partial charge in [-0.15, -0.1) is 0 Å². The van der Waals surface area contributed by atoms with Gasteiger partial charge < -0.3 is 15.1 Å². The second-order valence-electron chi connectivity index (χ2n) is 5.48. The van der Waals surface area contributed by atoms with Gasteiger partial charge in [0, 0.05) is 17.1 Å². The highest BCUT2D eigenvalue weighted by molar-refractivity contribution is 5.89. The summed E-state index contributed by atoms with van der Waals surface area (Å²) in [6, 6.07) is 0. The molecule has 1 atom stereocenters. The first-order valence-corrected chi connectivity index (χ1v) is 7.30. The molecule has 0 fully saturated rings. The second kappa shape index (κ2) is 10.2. The molecule has 0 aliphatic heterocycles. The number of carboxylic acid groups (broad SMARTS) is 2. The maximum atomic E-state index is 11.3. The van der Waals surface area contributed by atoms with Crippen LogP contribution in [0.15, 0.2) is 23.8 Å². The second-order valence-corrected chi connectivity index (χ2v) is 5.48. The van der Waals surface area contributed by atoms with E-state index < -0.39 is 17.9 Å². The van der Waals surface area contributed by atoms with E-state index >= 15 is 0 Å². The van der Waals surface area contributed by atoms with Gasteiger partial charge in [0.15, 0.2) is 0 Å². The van der Waals surface area contributed by atoms with Crippen molar-refractivity contribution in [2.24, 2.45) is 5.92 Å². The van der Waals surface area contributed by atoms with Crippen LogP contribution >= 0.6 is 0 Å². The van der Waals surface area contributed by atoms with Crippen molar-refractivity contribution in [1.29, 1.82) is 0 Å². The third kappa shape index (κ3) is 8.30. The summed E-state index contributed by atoms with van der Waals surface area (Å²) in [5, 5.41) is 18.4. The SMILES string of the molecule is C=C(C(=O)O)C(C=C(CCCCC)C(=O)O)CCN(C)C. The van der Waals surface area contributed by atoms with Crippen molar-refractivity contribution in [1.82, 2.24) is 4.90 Å². The van der Waals surface area contributed by atoms with E-state index in [1.807, 2.05) is 19.0 Å². The van der Waals surface area contributed by atoms with E-state index in [0.29, 0.717) is 19.4 Å². The normalized spacial score (nSPS) is 13.2. The Balaban J connectivity index is 5.06. The average molecular weight is 297 g/mol. The van der Waals surface area contributed by atoms with Crippen molar-refractivity contribution in [2.45, 2.75) is 39.0 Å². The summed E-state index contributed by atoms with van der Waals surface area (Å²) in [5.41, 5.74) is 0.334. The summed E-state index contributed by atoms with van der Waals surface area (Å²) < 4.78 is 0. The maximum Gasteiger partial charge on any atom is 0.331 e. The minimum atomic E-state index is -1.08. The van der Waals surface area contributed by atoms with E-state index in [1.165, 1.54) is 0 Å². The van der Waals surface area contributed by atoms with Crippen molar-refractivity contribution in [3.05, 3.63) is 23.8 Å². The van der Waals surface area contributed by atoms with E-state index in [-0.39, 0.29) is 11.1 Å². The minimum absolute atomic E-state index is 0.0473. The fourth-order valence-corrected chi connectivity index (χ4v) is 1.98. The van der Waals surface area contributed by atoms with E-state index in [1.54, 1.807) is 6.08 Å². The fraction of sp³-hybridized carbons (Fsp3) is 0.625. The van der Waals surface area contributed by atoms with Crippen molar-refractivity contribution in [2.75, 3.05) is 20.6 Å². The van der Waals surface area contributed by atoms with Gasteiger partial charge in [-0.1, -0.05) is 32.4 Å². The third-order valence-electron chi connectivity index (χ3n) is 3.34. The van der Waals surface area contributed by atoms with Gasteiger partial charge in [0.1, 0.15) is 0 Å². The van der Waals surface area contributed by atoms with Crippen LogP contribution in [0.5, 0.6) is 0 Å². The largest absolute Gasteiger partial charge is 0.478 e. The summed E-state index contributed by atoms with van der Waals surface area (Å²) in [6.07, 6.45) is 5.36. The number of carbonyl (C=O) groups is 2. The predicted octanol–water partition coefficient (Wildman–Crippen LogP) is 2.79. The van der Waals surface area contributed by atoms with Crippen molar-refractivity contribution < 1.29 is 19.8 Å². The molecule has 0 rings (SSSR count). The monoisotopic (exact) mass is 297 g/mol. The molecule has 0 aromatic rings. The summed E-state index contributed by atoms with van der Waals surface area (Å²) in [4.78, 5) is 24.3. The molecule has 0 aliphatic rings. The Morgan fingerprint density at radius 1 is 1.19 bits per heavy atom. The molecular formula is C16H27NO4. The van der Waals surface area contributed by atoms with Gasteiger partial charge in [0.05, 0.1) is 0 Å². The number of unbranched alkanes of at least 4 members (excludes halogenated alkanes) is 2. The topological polar surface area (TPSA) is 77.8 Å². The lowest BCUT2D eigenvalue weighted by Gasteiger charge is -2.17. The van der Waals surface area contributed by atoms with E-state index in [4.69, 9.17) is 5.11 Å². The zero-order valence-corrected chi connectivity index (χ0v) is 13.3. The van der Waals surface area contributed by atoms with Gasteiger partial charge in [0.2, 0.25) is 0 Å². The lowest BCUT2D eigenvalue weighted by Crippen LogP contribution is -2.20. The number of allylic oxidation sites excluding steroid dienone is 1. The van der Waals surface area contributed by atoms with Crippen LogP contribution in [0.1, 0.15) is 39.0 Å². The van der Waals surface area contributed by atoms with Crippen LogP contribution in [0.2, 0.25) is 0 Å². The first-order chi connectivity index (χ1) is 9.79. The maximum absolute atomic E-state index is 11.3. The Morgan fingerprint density at radius 2 is 1.81 bits per heavy atom. The molecule has 0 bridgehead atoms. The highest BCUT2D eigenvalue weighted by atomic mass is 16.4. The molecule has 0 heterocycles. The zero-order chi connectivity index (χ0) is 16.4. The zero-order valence-electron chi connectivity index (χ0n) is 13.3. The molecule has 0 radical (unpaired) electrons. The summed E-state index contributed by atoms with van der Waals surface area (Å²) in [7, 11) is 3.79. The van der Waals surface area contributed by atoms with Gasteiger partial charge in [-0.25, -0.2) is 9.59 Å². The molecular weight excluding hydrogens is 270 g/mol. The summed E-state index contributed by atoms with van der Waals surface area (Å²) in [6.45, 7) is 6.31. The quantitative estimate of drug-likeness (QED) is 0.453. The molecule has 5 nitrogen and oxygen atoms in total. The van der Waals surface area contributed by atoms with Crippen LogP contribution in [-0.4, -0.2) is 47.7 Å². The van der Waals surface area contributed by atoms with Gasteiger partial charge in [-0.05, 0) is 39.9 Å². The Kier molecular flexibility index (Phi) is 9.37. The summed E-state index contributed by atoms with van der Waals surface area (Å²) >= 11 is 0. The van der Waals surface area contributed by atoms with Gasteiger partial charge in [0.25, 0.3) is 0 Å². The number of aliphatic carboxylic acids is 2. The molecule has 5 heteroatoms. The standard InChI is InChI=1S/C16H27NO4/c1-5-6-7-8-14(16(20)21)11-13(9-10-17(3)4)12(2)15(18)19/h11,13H,2,5-10H2,1,3-4H3,(H,18,19)(H,20,21). The number of hydrogen-bond acceptors (Lipinski definition) is 3. The van der Waals surface area contributed by atoms with Crippen LogP contribution in [0.25, 0.3) is 0 Å². The van der Waals surface area contributed by atoms with Gasteiger partial charge in [-0.3, -0.25) is 0 Å². The first kappa shape index (κ1) is 19.4. The van der Waals surface area contributed by atoms with Crippen molar-refractivity contribution >= 4 is 11.9 Å². The van der Waals surface area contributed by atoms with Gasteiger partial charge >= 0.3 is 11.9 Å². The number of hydrogen-bond donors (Lipinski definition) is 2. The van der Waals surface area contributed by atoms with Crippen molar-refractivity contribution in [3.8, 4) is 0 Å². The Hall–Kier alpha value is -1.62. The predicted molar refractivity (Wildman–Crippen MR) is 83.3 cm³/mol. The number of carboxylic acids is 2. The Morgan fingerprint density at radius 3 is 2.24 bits per heavy atom. The molecule has 120 valence electrons. The summed E-state index contributed by atoms with van der Waals surface area (Å²) in [5.74, 6) is -2.50. The highest BCUT2D eigenvalue weighted by Crippen LogP contribution is 2.21. The van der Waals surface area contributed by atoms with Crippen LogP contribution in [0.3, 0.4) is 0 Å². The Bertz CT molecular complexity index is 399.